The van der Waals surface area contributed by atoms with Crippen molar-refractivity contribution in [3.63, 3.8) is 0 Å². The van der Waals surface area contributed by atoms with Gasteiger partial charge in [0.1, 0.15) is 0 Å². The number of hydrogen-bond donors (Lipinski definition) is 1. The predicted octanol–water partition coefficient (Wildman–Crippen LogP) is 3.82. The van der Waals surface area contributed by atoms with Gasteiger partial charge in [-0.05, 0) is 24.8 Å². The molecule has 2 N–H and O–H groups in total. The van der Waals surface area contributed by atoms with Crippen LogP contribution in [-0.4, -0.2) is 0 Å². The van der Waals surface area contributed by atoms with Crippen molar-refractivity contribution in [2.45, 2.75) is 46.1 Å². The van der Waals surface area contributed by atoms with E-state index in [9.17, 15) is 0 Å². The fourth-order valence-corrected chi connectivity index (χ4v) is 1.93. The molecule has 1 aromatic rings. The third-order valence-electron chi connectivity index (χ3n) is 3.25. The molecule has 0 aliphatic heterocycles. The second kappa shape index (κ2) is 5.92. The van der Waals surface area contributed by atoms with Crippen molar-refractivity contribution in [3.05, 3.63) is 35.4 Å². The van der Waals surface area contributed by atoms with Crippen LogP contribution in [-0.2, 0) is 0 Å². The van der Waals surface area contributed by atoms with E-state index >= 15 is 0 Å². The maximum atomic E-state index is 6.20. The fourth-order valence-electron chi connectivity index (χ4n) is 1.93. The molecule has 0 aliphatic carbocycles. The zero-order valence-corrected chi connectivity index (χ0v) is 10.2. The zero-order valence-electron chi connectivity index (χ0n) is 10.2. The van der Waals surface area contributed by atoms with Gasteiger partial charge in [-0.3, -0.25) is 0 Å². The summed E-state index contributed by atoms with van der Waals surface area (Å²) >= 11 is 0. The van der Waals surface area contributed by atoms with Crippen molar-refractivity contribution in [1.29, 1.82) is 0 Å². The third-order valence-corrected chi connectivity index (χ3v) is 3.25. The number of hydrogen-bond acceptors (Lipinski definition) is 1. The summed E-state index contributed by atoms with van der Waals surface area (Å²) in [5.41, 5.74) is 8.77. The first-order chi connectivity index (χ1) is 7.17. The van der Waals surface area contributed by atoms with Gasteiger partial charge in [0, 0.05) is 6.04 Å². The van der Waals surface area contributed by atoms with Crippen LogP contribution in [0.4, 0.5) is 0 Å². The largest absolute Gasteiger partial charge is 0.324 e. The lowest BCUT2D eigenvalue weighted by Gasteiger charge is -2.18. The van der Waals surface area contributed by atoms with Crippen LogP contribution in [0, 0.1) is 12.8 Å². The van der Waals surface area contributed by atoms with Crippen molar-refractivity contribution >= 4 is 0 Å². The summed E-state index contributed by atoms with van der Waals surface area (Å²) in [4.78, 5) is 0. The minimum Gasteiger partial charge on any atom is -0.324 e. The Morgan fingerprint density at radius 1 is 1.07 bits per heavy atom. The summed E-state index contributed by atoms with van der Waals surface area (Å²) in [5, 5.41) is 0. The molecule has 1 heteroatoms. The molecule has 1 atom stereocenters. The Morgan fingerprint density at radius 2 is 1.60 bits per heavy atom. The van der Waals surface area contributed by atoms with Crippen molar-refractivity contribution in [1.82, 2.24) is 0 Å². The smallest absolute Gasteiger partial charge is 0.0297 e. The van der Waals surface area contributed by atoms with Crippen molar-refractivity contribution < 1.29 is 0 Å². The van der Waals surface area contributed by atoms with E-state index < -0.39 is 0 Å². The van der Waals surface area contributed by atoms with Crippen LogP contribution >= 0.6 is 0 Å². The van der Waals surface area contributed by atoms with Gasteiger partial charge >= 0.3 is 0 Å². The Morgan fingerprint density at radius 3 is 2.07 bits per heavy atom. The number of aryl methyl sites for hydroxylation is 1. The van der Waals surface area contributed by atoms with Crippen LogP contribution < -0.4 is 5.73 Å². The summed E-state index contributed by atoms with van der Waals surface area (Å²) in [6.45, 7) is 6.60. The van der Waals surface area contributed by atoms with Crippen molar-refractivity contribution in [2.75, 3.05) is 0 Å². The first kappa shape index (κ1) is 12.3. The second-order valence-corrected chi connectivity index (χ2v) is 4.44. The molecule has 0 aromatic heterocycles. The second-order valence-electron chi connectivity index (χ2n) is 4.44. The van der Waals surface area contributed by atoms with Gasteiger partial charge in [-0.1, -0.05) is 56.5 Å². The summed E-state index contributed by atoms with van der Waals surface area (Å²) in [7, 11) is 0. The molecule has 0 amide bonds. The molecule has 0 saturated heterocycles. The lowest BCUT2D eigenvalue weighted by Crippen LogP contribution is -2.14. The first-order valence-corrected chi connectivity index (χ1v) is 5.99. The van der Waals surface area contributed by atoms with Gasteiger partial charge in [-0.25, -0.2) is 0 Å². The Labute approximate surface area is 93.7 Å². The SMILES string of the molecule is CCC(CC)CC(N)c1ccc(C)cc1. The van der Waals surface area contributed by atoms with E-state index in [2.05, 4.69) is 45.0 Å². The van der Waals surface area contributed by atoms with Gasteiger partial charge in [-0.2, -0.15) is 0 Å². The van der Waals surface area contributed by atoms with Crippen LogP contribution in [0.25, 0.3) is 0 Å². The molecular formula is C14H23N. The van der Waals surface area contributed by atoms with Gasteiger partial charge in [0.05, 0.1) is 0 Å². The van der Waals surface area contributed by atoms with Gasteiger partial charge in [0.15, 0.2) is 0 Å². The normalized spacial score (nSPS) is 13.1. The zero-order chi connectivity index (χ0) is 11.3. The molecule has 1 nitrogen and oxygen atoms in total. The highest BCUT2D eigenvalue weighted by molar-refractivity contribution is 5.23. The molecule has 1 unspecified atom stereocenters. The summed E-state index contributed by atoms with van der Waals surface area (Å²) in [6.07, 6.45) is 3.57. The Hall–Kier alpha value is -0.820. The van der Waals surface area contributed by atoms with E-state index in [4.69, 9.17) is 5.73 Å². The predicted molar refractivity (Wildman–Crippen MR) is 66.8 cm³/mol. The van der Waals surface area contributed by atoms with E-state index in [0.29, 0.717) is 0 Å². The van der Waals surface area contributed by atoms with E-state index in [0.717, 1.165) is 12.3 Å². The summed E-state index contributed by atoms with van der Waals surface area (Å²) in [5.74, 6) is 0.765. The maximum Gasteiger partial charge on any atom is 0.0297 e. The fraction of sp³-hybridized carbons (Fsp3) is 0.571. The molecule has 0 heterocycles. The van der Waals surface area contributed by atoms with Crippen molar-refractivity contribution in [3.8, 4) is 0 Å². The lowest BCUT2D eigenvalue weighted by molar-refractivity contribution is 0.414. The van der Waals surface area contributed by atoms with Gasteiger partial charge in [-0.15, -0.1) is 0 Å². The molecule has 1 rings (SSSR count). The quantitative estimate of drug-likeness (QED) is 0.777. The molecule has 0 spiro atoms. The van der Waals surface area contributed by atoms with E-state index in [1.165, 1.54) is 24.0 Å². The first-order valence-electron chi connectivity index (χ1n) is 5.99. The Kier molecular flexibility index (Phi) is 4.83. The van der Waals surface area contributed by atoms with Gasteiger partial charge in [0.2, 0.25) is 0 Å². The van der Waals surface area contributed by atoms with Crippen LogP contribution in [0.2, 0.25) is 0 Å². The number of benzene rings is 1. The molecule has 0 fully saturated rings. The molecule has 1 aromatic carbocycles. The average Bonchev–Trinajstić information content (AvgIpc) is 2.26. The Balaban J connectivity index is 2.60. The molecular weight excluding hydrogens is 182 g/mol. The highest BCUT2D eigenvalue weighted by atomic mass is 14.6. The van der Waals surface area contributed by atoms with Gasteiger partial charge in [0.25, 0.3) is 0 Å². The molecule has 0 radical (unpaired) electrons. The maximum absolute atomic E-state index is 6.20. The number of rotatable bonds is 5. The van der Waals surface area contributed by atoms with Crippen LogP contribution in [0.3, 0.4) is 0 Å². The monoisotopic (exact) mass is 205 g/mol. The highest BCUT2D eigenvalue weighted by Gasteiger charge is 2.11. The van der Waals surface area contributed by atoms with E-state index in [1.54, 1.807) is 0 Å². The molecule has 84 valence electrons. The molecule has 0 aliphatic rings. The standard InChI is InChI=1S/C14H23N/c1-4-12(5-2)10-14(15)13-8-6-11(3)7-9-13/h6-9,12,14H,4-5,10,15H2,1-3H3. The third kappa shape index (κ3) is 3.67. The van der Waals surface area contributed by atoms with E-state index in [-0.39, 0.29) is 6.04 Å². The van der Waals surface area contributed by atoms with Crippen LogP contribution in [0.5, 0.6) is 0 Å². The topological polar surface area (TPSA) is 26.0 Å². The van der Waals surface area contributed by atoms with Gasteiger partial charge < -0.3 is 5.73 Å². The van der Waals surface area contributed by atoms with E-state index in [1.807, 2.05) is 0 Å². The number of nitrogens with two attached hydrogens (primary N) is 1. The molecule has 0 saturated carbocycles. The average molecular weight is 205 g/mol. The van der Waals surface area contributed by atoms with Crippen molar-refractivity contribution in [2.24, 2.45) is 11.7 Å². The summed E-state index contributed by atoms with van der Waals surface area (Å²) < 4.78 is 0. The minimum atomic E-state index is 0.204. The van der Waals surface area contributed by atoms with Crippen LogP contribution in [0.1, 0.15) is 50.3 Å². The minimum absolute atomic E-state index is 0.204. The lowest BCUT2D eigenvalue weighted by atomic mass is 9.91. The van der Waals surface area contributed by atoms with Crippen LogP contribution in [0.15, 0.2) is 24.3 Å². The molecule has 15 heavy (non-hydrogen) atoms. The summed E-state index contributed by atoms with van der Waals surface area (Å²) in [6, 6.07) is 8.80. The highest BCUT2D eigenvalue weighted by Crippen LogP contribution is 2.23. The Bertz CT molecular complexity index is 272. The molecule has 0 bridgehead atoms.